The van der Waals surface area contributed by atoms with E-state index in [1.807, 2.05) is 84.9 Å². The van der Waals surface area contributed by atoms with Gasteiger partial charge in [0.05, 0.1) is 0 Å². The highest BCUT2D eigenvalue weighted by Crippen LogP contribution is 2.34. The molecule has 0 radical (unpaired) electrons. The van der Waals surface area contributed by atoms with Gasteiger partial charge in [-0.05, 0) is 59.7 Å². The summed E-state index contributed by atoms with van der Waals surface area (Å²) in [6.07, 6.45) is 3.47. The third-order valence-electron chi connectivity index (χ3n) is 4.93. The molecule has 4 aromatic rings. The van der Waals surface area contributed by atoms with E-state index >= 15 is 0 Å². The molecule has 0 atom stereocenters. The molecule has 0 fully saturated rings. The highest BCUT2D eigenvalue weighted by atomic mass is 16.4. The van der Waals surface area contributed by atoms with Gasteiger partial charge in [0.1, 0.15) is 11.4 Å². The van der Waals surface area contributed by atoms with E-state index in [0.29, 0.717) is 5.56 Å². The summed E-state index contributed by atoms with van der Waals surface area (Å²) >= 11 is 0. The second-order valence-electron chi connectivity index (χ2n) is 7.21. The number of carbonyl (C=O) groups is 2. The van der Waals surface area contributed by atoms with Crippen LogP contribution in [0, 0.1) is 0 Å². The maximum absolute atomic E-state index is 11.3. The van der Waals surface area contributed by atoms with E-state index in [9.17, 15) is 19.8 Å². The van der Waals surface area contributed by atoms with Gasteiger partial charge in [-0.2, -0.15) is 0 Å². The SMILES string of the molecule is O=C(O)c1cc(/C=C/c2ccc(N(c3ccccc3)c3ccccc3)cc2)cc(C(=O)O)n1. The Hall–Kier alpha value is -4.71. The van der Waals surface area contributed by atoms with Crippen molar-refractivity contribution in [3.8, 4) is 0 Å². The fourth-order valence-electron chi connectivity index (χ4n) is 3.40. The second-order valence-corrected chi connectivity index (χ2v) is 7.21. The molecule has 0 aliphatic rings. The van der Waals surface area contributed by atoms with Crippen molar-refractivity contribution in [2.45, 2.75) is 0 Å². The van der Waals surface area contributed by atoms with Crippen molar-refractivity contribution in [3.05, 3.63) is 120 Å². The third-order valence-corrected chi connectivity index (χ3v) is 4.93. The smallest absolute Gasteiger partial charge is 0.354 e. The monoisotopic (exact) mass is 436 g/mol. The van der Waals surface area contributed by atoms with E-state index in [4.69, 9.17) is 0 Å². The standard InChI is InChI=1S/C27H20N2O4/c30-26(31)24-17-20(18-25(28-24)27(32)33)12-11-19-13-15-23(16-14-19)29(21-7-3-1-4-8-21)22-9-5-2-6-10-22/h1-18H,(H,30,31)(H,32,33)/b12-11+. The molecule has 33 heavy (non-hydrogen) atoms. The number of para-hydroxylation sites is 2. The van der Waals surface area contributed by atoms with Gasteiger partial charge in [0.2, 0.25) is 0 Å². The number of hydrogen-bond donors (Lipinski definition) is 2. The molecule has 0 spiro atoms. The number of aromatic nitrogens is 1. The summed E-state index contributed by atoms with van der Waals surface area (Å²) in [7, 11) is 0. The van der Waals surface area contributed by atoms with Crippen molar-refractivity contribution in [2.75, 3.05) is 4.90 Å². The fourth-order valence-corrected chi connectivity index (χ4v) is 3.40. The minimum atomic E-state index is -1.28. The Morgan fingerprint density at radius 1 is 0.606 bits per heavy atom. The zero-order chi connectivity index (χ0) is 23.2. The number of pyridine rings is 1. The molecular weight excluding hydrogens is 416 g/mol. The Labute approximate surface area is 190 Å². The molecule has 1 heterocycles. The maximum atomic E-state index is 11.3. The minimum absolute atomic E-state index is 0.314. The Balaban J connectivity index is 1.63. The van der Waals surface area contributed by atoms with Crippen molar-refractivity contribution in [3.63, 3.8) is 0 Å². The average molecular weight is 436 g/mol. The zero-order valence-electron chi connectivity index (χ0n) is 17.5. The molecule has 6 nitrogen and oxygen atoms in total. The minimum Gasteiger partial charge on any atom is -0.477 e. The van der Waals surface area contributed by atoms with E-state index in [1.165, 1.54) is 12.1 Å². The number of anilines is 3. The van der Waals surface area contributed by atoms with Gasteiger partial charge in [-0.3, -0.25) is 0 Å². The van der Waals surface area contributed by atoms with Gasteiger partial charge in [0.25, 0.3) is 0 Å². The summed E-state index contributed by atoms with van der Waals surface area (Å²) < 4.78 is 0. The molecule has 0 saturated carbocycles. The summed E-state index contributed by atoms with van der Waals surface area (Å²) in [6, 6.07) is 30.7. The van der Waals surface area contributed by atoms with Crippen LogP contribution in [0.15, 0.2) is 97.1 Å². The largest absolute Gasteiger partial charge is 0.477 e. The first-order chi connectivity index (χ1) is 16.0. The number of carboxylic acids is 2. The molecule has 0 unspecified atom stereocenters. The number of hydrogen-bond acceptors (Lipinski definition) is 4. The van der Waals surface area contributed by atoms with Crippen molar-refractivity contribution in [2.24, 2.45) is 0 Å². The normalized spacial score (nSPS) is 10.8. The zero-order valence-corrected chi connectivity index (χ0v) is 17.5. The van der Waals surface area contributed by atoms with E-state index in [2.05, 4.69) is 9.88 Å². The molecule has 3 aromatic carbocycles. The van der Waals surface area contributed by atoms with Gasteiger partial charge < -0.3 is 15.1 Å². The molecule has 0 bridgehead atoms. The summed E-state index contributed by atoms with van der Waals surface area (Å²) in [6.45, 7) is 0. The van der Waals surface area contributed by atoms with Crippen LogP contribution in [0.2, 0.25) is 0 Å². The fraction of sp³-hybridized carbons (Fsp3) is 0. The third kappa shape index (κ3) is 5.14. The van der Waals surface area contributed by atoms with Gasteiger partial charge in [0.15, 0.2) is 0 Å². The molecule has 0 saturated heterocycles. The Morgan fingerprint density at radius 2 is 1.03 bits per heavy atom. The predicted molar refractivity (Wildman–Crippen MR) is 128 cm³/mol. The molecule has 6 heteroatoms. The lowest BCUT2D eigenvalue weighted by Crippen LogP contribution is -2.09. The van der Waals surface area contributed by atoms with Crippen LogP contribution in [0.4, 0.5) is 17.1 Å². The predicted octanol–water partition coefficient (Wildman–Crippen LogP) is 6.12. The molecular formula is C27H20N2O4. The number of carboxylic acid groups (broad SMARTS) is 2. The number of aromatic carboxylic acids is 2. The summed E-state index contributed by atoms with van der Waals surface area (Å²) in [5, 5.41) is 18.4. The van der Waals surface area contributed by atoms with Gasteiger partial charge >= 0.3 is 11.9 Å². The summed E-state index contributed by atoms with van der Waals surface area (Å²) in [5.41, 5.74) is 3.74. The lowest BCUT2D eigenvalue weighted by atomic mass is 10.1. The van der Waals surface area contributed by atoms with Crippen LogP contribution in [0.1, 0.15) is 32.1 Å². The number of rotatable bonds is 7. The molecule has 1 aromatic heterocycles. The van der Waals surface area contributed by atoms with E-state index in [0.717, 1.165) is 22.6 Å². The molecule has 162 valence electrons. The highest BCUT2D eigenvalue weighted by molar-refractivity contribution is 5.91. The van der Waals surface area contributed by atoms with Crippen molar-refractivity contribution >= 4 is 41.2 Å². The number of nitrogens with zero attached hydrogens (tertiary/aromatic N) is 2. The number of benzene rings is 3. The first-order valence-electron chi connectivity index (χ1n) is 10.2. The van der Waals surface area contributed by atoms with Crippen LogP contribution < -0.4 is 4.90 Å². The summed E-state index contributed by atoms with van der Waals surface area (Å²) in [5.74, 6) is -2.56. The first-order valence-corrected chi connectivity index (χ1v) is 10.2. The van der Waals surface area contributed by atoms with Crippen LogP contribution in [-0.2, 0) is 0 Å². The van der Waals surface area contributed by atoms with Crippen LogP contribution >= 0.6 is 0 Å². The highest BCUT2D eigenvalue weighted by Gasteiger charge is 2.13. The molecule has 0 aliphatic carbocycles. The molecule has 4 rings (SSSR count). The maximum Gasteiger partial charge on any atom is 0.354 e. The quantitative estimate of drug-likeness (QED) is 0.363. The van der Waals surface area contributed by atoms with Crippen LogP contribution in [0.5, 0.6) is 0 Å². The Kier molecular flexibility index (Phi) is 6.27. The molecule has 2 N–H and O–H groups in total. The van der Waals surface area contributed by atoms with Gasteiger partial charge in [0, 0.05) is 17.1 Å². The van der Waals surface area contributed by atoms with E-state index in [1.54, 1.807) is 12.2 Å². The molecule has 0 amide bonds. The average Bonchev–Trinajstić information content (AvgIpc) is 2.85. The van der Waals surface area contributed by atoms with Crippen molar-refractivity contribution in [1.29, 1.82) is 0 Å². The van der Waals surface area contributed by atoms with Crippen LogP contribution in [0.25, 0.3) is 12.2 Å². The van der Waals surface area contributed by atoms with Gasteiger partial charge in [-0.15, -0.1) is 0 Å². The Bertz CT molecular complexity index is 1230. The lowest BCUT2D eigenvalue weighted by molar-refractivity contribution is 0.0685. The lowest BCUT2D eigenvalue weighted by Gasteiger charge is -2.25. The second kappa shape index (κ2) is 9.62. The van der Waals surface area contributed by atoms with E-state index < -0.39 is 11.9 Å². The van der Waals surface area contributed by atoms with Gasteiger partial charge in [-0.1, -0.05) is 60.7 Å². The van der Waals surface area contributed by atoms with Crippen molar-refractivity contribution in [1.82, 2.24) is 4.98 Å². The molecule has 0 aliphatic heterocycles. The Morgan fingerprint density at radius 3 is 1.48 bits per heavy atom. The van der Waals surface area contributed by atoms with Crippen LogP contribution in [-0.4, -0.2) is 27.1 Å². The van der Waals surface area contributed by atoms with Crippen LogP contribution in [0.3, 0.4) is 0 Å². The van der Waals surface area contributed by atoms with E-state index in [-0.39, 0.29) is 11.4 Å². The first kappa shape index (κ1) is 21.5. The topological polar surface area (TPSA) is 90.7 Å². The summed E-state index contributed by atoms with van der Waals surface area (Å²) in [4.78, 5) is 28.3. The van der Waals surface area contributed by atoms with Crippen molar-refractivity contribution < 1.29 is 19.8 Å². The van der Waals surface area contributed by atoms with Gasteiger partial charge in [-0.25, -0.2) is 14.6 Å².